The Morgan fingerprint density at radius 2 is 1.50 bits per heavy atom. The first-order chi connectivity index (χ1) is 10.6. The summed E-state index contributed by atoms with van der Waals surface area (Å²) in [5, 5.41) is 2.38. The van der Waals surface area contributed by atoms with Crippen molar-refractivity contribution >= 4 is 28.0 Å². The number of ketones is 1. The van der Waals surface area contributed by atoms with Crippen LogP contribution in [0.15, 0.2) is 71.7 Å². The minimum atomic E-state index is 0.0698. The summed E-state index contributed by atoms with van der Waals surface area (Å²) in [5.41, 5.74) is 3.51. The van der Waals surface area contributed by atoms with Crippen LogP contribution in [0.3, 0.4) is 0 Å². The number of fused-ring (bicyclic) bond motifs is 1. The monoisotopic (exact) mass is 287 g/mol. The first-order valence-corrected chi connectivity index (χ1v) is 7.29. The molecule has 0 heterocycles. The zero-order valence-electron chi connectivity index (χ0n) is 12.7. The molecule has 0 atom stereocenters. The molecule has 0 aliphatic rings. The molecule has 0 fully saturated rings. The zero-order chi connectivity index (χ0) is 15.5. The molecule has 0 aromatic heterocycles. The highest BCUT2D eigenvalue weighted by Crippen LogP contribution is 2.22. The van der Waals surface area contributed by atoms with E-state index in [4.69, 9.17) is 0 Å². The van der Waals surface area contributed by atoms with Crippen molar-refractivity contribution < 1.29 is 4.79 Å². The Hall–Kier alpha value is -2.74. The van der Waals surface area contributed by atoms with Crippen molar-refractivity contribution in [2.45, 2.75) is 13.8 Å². The standard InChI is InChI=1S/C20H17NO/c1-14(17-8-5-9-18(12-17)15(2)22)21-20-11-10-16-6-3-4-7-19(16)13-20/h3-13H,1-2H3. The summed E-state index contributed by atoms with van der Waals surface area (Å²) in [4.78, 5) is 16.2. The van der Waals surface area contributed by atoms with E-state index in [1.807, 2.05) is 49.4 Å². The van der Waals surface area contributed by atoms with Gasteiger partial charge in [0, 0.05) is 11.3 Å². The zero-order valence-corrected chi connectivity index (χ0v) is 12.7. The number of nitrogens with zero attached hydrogens (tertiary/aromatic N) is 1. The number of hydrogen-bond donors (Lipinski definition) is 0. The average molecular weight is 287 g/mol. The molecule has 2 nitrogen and oxygen atoms in total. The SMILES string of the molecule is CC(=O)c1cccc(C(C)=Nc2ccc3ccccc3c2)c1. The van der Waals surface area contributed by atoms with Crippen LogP contribution in [0.25, 0.3) is 10.8 Å². The molecule has 0 spiro atoms. The van der Waals surface area contributed by atoms with Crippen LogP contribution in [0.1, 0.15) is 29.8 Å². The maximum absolute atomic E-state index is 11.5. The molecule has 2 heteroatoms. The molecule has 0 saturated heterocycles. The third-order valence-corrected chi connectivity index (χ3v) is 3.72. The van der Waals surface area contributed by atoms with Crippen molar-refractivity contribution in [2.24, 2.45) is 4.99 Å². The van der Waals surface area contributed by atoms with Crippen LogP contribution in [-0.4, -0.2) is 11.5 Å². The second kappa shape index (κ2) is 5.94. The molecule has 0 bridgehead atoms. The summed E-state index contributed by atoms with van der Waals surface area (Å²) < 4.78 is 0. The summed E-state index contributed by atoms with van der Waals surface area (Å²) in [6, 6.07) is 22.0. The third-order valence-electron chi connectivity index (χ3n) is 3.72. The van der Waals surface area contributed by atoms with Crippen LogP contribution in [0.4, 0.5) is 5.69 Å². The van der Waals surface area contributed by atoms with E-state index in [9.17, 15) is 4.79 Å². The molecule has 0 aliphatic heterocycles. The number of carbonyl (C=O) groups excluding carboxylic acids is 1. The molecule has 0 unspecified atom stereocenters. The molecule has 0 aliphatic carbocycles. The van der Waals surface area contributed by atoms with Crippen molar-refractivity contribution in [1.82, 2.24) is 0 Å². The highest BCUT2D eigenvalue weighted by atomic mass is 16.1. The van der Waals surface area contributed by atoms with Gasteiger partial charge in [-0.3, -0.25) is 9.79 Å². The van der Waals surface area contributed by atoms with Crippen LogP contribution in [0.2, 0.25) is 0 Å². The van der Waals surface area contributed by atoms with E-state index >= 15 is 0 Å². The number of aliphatic imine (C=N–C) groups is 1. The first-order valence-electron chi connectivity index (χ1n) is 7.29. The smallest absolute Gasteiger partial charge is 0.159 e. The number of carbonyl (C=O) groups is 1. The van der Waals surface area contributed by atoms with Gasteiger partial charge in [-0.1, -0.05) is 48.5 Å². The lowest BCUT2D eigenvalue weighted by Gasteiger charge is -2.04. The van der Waals surface area contributed by atoms with Crippen molar-refractivity contribution in [3.8, 4) is 0 Å². The predicted molar refractivity (Wildman–Crippen MR) is 92.3 cm³/mol. The van der Waals surface area contributed by atoms with Crippen molar-refractivity contribution in [3.05, 3.63) is 77.9 Å². The Morgan fingerprint density at radius 1 is 0.773 bits per heavy atom. The van der Waals surface area contributed by atoms with E-state index in [2.05, 4.69) is 29.3 Å². The molecule has 108 valence electrons. The molecule has 0 amide bonds. The number of rotatable bonds is 3. The molecule has 22 heavy (non-hydrogen) atoms. The van der Waals surface area contributed by atoms with Gasteiger partial charge in [0.1, 0.15) is 0 Å². The van der Waals surface area contributed by atoms with Crippen molar-refractivity contribution in [2.75, 3.05) is 0 Å². The Morgan fingerprint density at radius 3 is 2.27 bits per heavy atom. The number of Topliss-reactive ketones (excluding diaryl/α,β-unsaturated/α-hetero) is 1. The lowest BCUT2D eigenvalue weighted by Crippen LogP contribution is -1.98. The maximum atomic E-state index is 11.5. The van der Waals surface area contributed by atoms with Gasteiger partial charge >= 0.3 is 0 Å². The number of hydrogen-bond acceptors (Lipinski definition) is 2. The first kappa shape index (κ1) is 14.2. The van der Waals surface area contributed by atoms with Gasteiger partial charge in [-0.05, 0) is 48.4 Å². The quantitative estimate of drug-likeness (QED) is 0.482. The van der Waals surface area contributed by atoms with Crippen LogP contribution >= 0.6 is 0 Å². The molecular weight excluding hydrogens is 270 g/mol. The van der Waals surface area contributed by atoms with Gasteiger partial charge in [0.2, 0.25) is 0 Å². The second-order valence-corrected chi connectivity index (χ2v) is 5.37. The van der Waals surface area contributed by atoms with Gasteiger partial charge < -0.3 is 0 Å². The van der Waals surface area contributed by atoms with Gasteiger partial charge in [-0.2, -0.15) is 0 Å². The Kier molecular flexibility index (Phi) is 3.84. The van der Waals surface area contributed by atoms with Crippen LogP contribution in [0, 0.1) is 0 Å². The number of benzene rings is 3. The summed E-state index contributed by atoms with van der Waals surface area (Å²) >= 11 is 0. The lowest BCUT2D eigenvalue weighted by atomic mass is 10.1. The maximum Gasteiger partial charge on any atom is 0.159 e. The molecule has 0 saturated carbocycles. The van der Waals surface area contributed by atoms with Gasteiger partial charge in [0.25, 0.3) is 0 Å². The van der Waals surface area contributed by atoms with E-state index in [1.165, 1.54) is 10.8 Å². The van der Waals surface area contributed by atoms with Gasteiger partial charge in [0.15, 0.2) is 5.78 Å². The Balaban J connectivity index is 1.98. The topological polar surface area (TPSA) is 29.4 Å². The largest absolute Gasteiger partial charge is 0.295 e. The highest BCUT2D eigenvalue weighted by Gasteiger charge is 2.03. The van der Waals surface area contributed by atoms with Gasteiger partial charge in [-0.25, -0.2) is 0 Å². The van der Waals surface area contributed by atoms with Crippen LogP contribution < -0.4 is 0 Å². The van der Waals surface area contributed by atoms with E-state index in [-0.39, 0.29) is 5.78 Å². The Labute approximate surface area is 130 Å². The molecular formula is C20H17NO. The fourth-order valence-electron chi connectivity index (χ4n) is 2.47. The lowest BCUT2D eigenvalue weighted by molar-refractivity contribution is 0.101. The predicted octanol–water partition coefficient (Wildman–Crippen LogP) is 5.18. The third kappa shape index (κ3) is 2.96. The molecule has 3 aromatic carbocycles. The summed E-state index contributed by atoms with van der Waals surface area (Å²) in [6.07, 6.45) is 0. The molecule has 3 aromatic rings. The van der Waals surface area contributed by atoms with Gasteiger partial charge in [0.05, 0.1) is 5.69 Å². The second-order valence-electron chi connectivity index (χ2n) is 5.37. The minimum absolute atomic E-state index is 0.0698. The highest BCUT2D eigenvalue weighted by molar-refractivity contribution is 6.03. The molecule has 3 rings (SSSR count). The normalized spacial score (nSPS) is 11.6. The van der Waals surface area contributed by atoms with E-state index in [1.54, 1.807) is 6.92 Å². The van der Waals surface area contributed by atoms with E-state index < -0.39 is 0 Å². The molecule has 0 radical (unpaired) electrons. The fraction of sp³-hybridized carbons (Fsp3) is 0.100. The summed E-state index contributed by atoms with van der Waals surface area (Å²) in [6.45, 7) is 3.55. The average Bonchev–Trinajstić information content (AvgIpc) is 2.55. The van der Waals surface area contributed by atoms with E-state index in [0.29, 0.717) is 5.56 Å². The fourth-order valence-corrected chi connectivity index (χ4v) is 2.47. The van der Waals surface area contributed by atoms with Gasteiger partial charge in [-0.15, -0.1) is 0 Å². The minimum Gasteiger partial charge on any atom is -0.295 e. The van der Waals surface area contributed by atoms with Crippen LogP contribution in [0.5, 0.6) is 0 Å². The van der Waals surface area contributed by atoms with Crippen molar-refractivity contribution in [3.63, 3.8) is 0 Å². The van der Waals surface area contributed by atoms with Crippen molar-refractivity contribution in [1.29, 1.82) is 0 Å². The summed E-state index contributed by atoms with van der Waals surface area (Å²) in [7, 11) is 0. The summed E-state index contributed by atoms with van der Waals surface area (Å²) in [5.74, 6) is 0.0698. The van der Waals surface area contributed by atoms with Crippen LogP contribution in [-0.2, 0) is 0 Å². The Bertz CT molecular complexity index is 878. The molecule has 0 N–H and O–H groups in total. The van der Waals surface area contributed by atoms with E-state index in [0.717, 1.165) is 17.0 Å².